The number of anilines is 1. The summed E-state index contributed by atoms with van der Waals surface area (Å²) in [6.45, 7) is 0. The molecule has 1 amide bonds. The summed E-state index contributed by atoms with van der Waals surface area (Å²) in [7, 11) is 0. The highest BCUT2D eigenvalue weighted by Gasteiger charge is 2.30. The summed E-state index contributed by atoms with van der Waals surface area (Å²) in [5, 5.41) is 3.73. The Morgan fingerprint density at radius 3 is 2.68 bits per heavy atom. The second-order valence-electron chi connectivity index (χ2n) is 4.40. The first-order chi connectivity index (χ1) is 9.22. The number of carbonyl (C=O) groups is 2. The van der Waals surface area contributed by atoms with Crippen molar-refractivity contribution in [3.05, 3.63) is 42.1 Å². The second kappa shape index (κ2) is 3.55. The number of thiophene rings is 1. The van der Waals surface area contributed by atoms with E-state index in [-0.39, 0.29) is 0 Å². The molecule has 19 heavy (non-hydrogen) atoms. The molecule has 0 saturated carbocycles. The topological polar surface area (TPSA) is 62.0 Å². The minimum atomic E-state index is -0.566. The van der Waals surface area contributed by atoms with Crippen LogP contribution in [0.4, 0.5) is 5.69 Å². The van der Waals surface area contributed by atoms with Gasteiger partial charge in [0.2, 0.25) is 0 Å². The number of aromatic nitrogens is 1. The standard InChI is InChI=1S/C14H8N2O2S/c17-13-12-9(16-14(13)18)6-8(15-12)11-5-7-3-1-2-4-10(7)19-11/h1-6,15H,(H,16,17,18). The van der Waals surface area contributed by atoms with Crippen LogP contribution in [0.1, 0.15) is 10.5 Å². The fourth-order valence-corrected chi connectivity index (χ4v) is 3.31. The Kier molecular flexibility index (Phi) is 1.97. The molecule has 3 heterocycles. The van der Waals surface area contributed by atoms with E-state index in [1.807, 2.05) is 18.2 Å². The van der Waals surface area contributed by atoms with E-state index >= 15 is 0 Å². The second-order valence-corrected chi connectivity index (χ2v) is 5.49. The monoisotopic (exact) mass is 268 g/mol. The van der Waals surface area contributed by atoms with Crippen molar-refractivity contribution in [3.8, 4) is 10.6 Å². The minimum Gasteiger partial charge on any atom is -0.349 e. The van der Waals surface area contributed by atoms with Crippen LogP contribution in [-0.2, 0) is 4.79 Å². The van der Waals surface area contributed by atoms with Crippen molar-refractivity contribution in [1.82, 2.24) is 4.98 Å². The quantitative estimate of drug-likeness (QED) is 0.666. The molecule has 1 aliphatic heterocycles. The van der Waals surface area contributed by atoms with Crippen LogP contribution in [0.25, 0.3) is 20.7 Å². The molecule has 0 unspecified atom stereocenters. The van der Waals surface area contributed by atoms with Crippen LogP contribution in [-0.4, -0.2) is 16.7 Å². The number of amides is 1. The van der Waals surface area contributed by atoms with E-state index in [1.165, 1.54) is 10.1 Å². The van der Waals surface area contributed by atoms with E-state index in [4.69, 9.17) is 0 Å². The Balaban J connectivity index is 1.86. The van der Waals surface area contributed by atoms with Crippen molar-refractivity contribution in [1.29, 1.82) is 0 Å². The van der Waals surface area contributed by atoms with Crippen molar-refractivity contribution in [2.75, 3.05) is 5.32 Å². The van der Waals surface area contributed by atoms with Crippen molar-refractivity contribution in [2.45, 2.75) is 0 Å². The molecule has 2 aromatic heterocycles. The molecule has 92 valence electrons. The average Bonchev–Trinajstić information content (AvgIpc) is 3.05. The van der Waals surface area contributed by atoms with Gasteiger partial charge < -0.3 is 10.3 Å². The third-order valence-corrected chi connectivity index (χ3v) is 4.34. The first-order valence-electron chi connectivity index (χ1n) is 5.80. The predicted molar refractivity (Wildman–Crippen MR) is 74.6 cm³/mol. The zero-order valence-corrected chi connectivity index (χ0v) is 10.5. The molecular weight excluding hydrogens is 260 g/mol. The van der Waals surface area contributed by atoms with Gasteiger partial charge in [-0.05, 0) is 23.6 Å². The van der Waals surface area contributed by atoms with Crippen molar-refractivity contribution in [2.24, 2.45) is 0 Å². The van der Waals surface area contributed by atoms with Crippen LogP contribution < -0.4 is 5.32 Å². The molecule has 2 N–H and O–H groups in total. The molecule has 4 rings (SSSR count). The number of hydrogen-bond acceptors (Lipinski definition) is 3. The number of nitrogens with one attached hydrogen (secondary N) is 2. The van der Waals surface area contributed by atoms with Gasteiger partial charge in [-0.25, -0.2) is 0 Å². The molecule has 0 aliphatic carbocycles. The molecule has 1 aliphatic rings. The fourth-order valence-electron chi connectivity index (χ4n) is 2.27. The van der Waals surface area contributed by atoms with Crippen LogP contribution >= 0.6 is 11.3 Å². The van der Waals surface area contributed by atoms with Crippen LogP contribution in [0.15, 0.2) is 36.4 Å². The summed E-state index contributed by atoms with van der Waals surface area (Å²) < 4.78 is 1.20. The van der Waals surface area contributed by atoms with Crippen LogP contribution in [0.3, 0.4) is 0 Å². The lowest BCUT2D eigenvalue weighted by molar-refractivity contribution is -0.112. The minimum absolute atomic E-state index is 0.359. The van der Waals surface area contributed by atoms with E-state index in [1.54, 1.807) is 11.3 Å². The highest BCUT2D eigenvalue weighted by molar-refractivity contribution is 7.22. The highest BCUT2D eigenvalue weighted by Crippen LogP contribution is 2.36. The molecular formula is C14H8N2O2S. The summed E-state index contributed by atoms with van der Waals surface area (Å²) in [6, 6.07) is 12.0. The lowest BCUT2D eigenvalue weighted by Gasteiger charge is -1.92. The summed E-state index contributed by atoms with van der Waals surface area (Å²) in [6.07, 6.45) is 0. The van der Waals surface area contributed by atoms with Crippen molar-refractivity contribution in [3.63, 3.8) is 0 Å². The largest absolute Gasteiger partial charge is 0.349 e. The summed E-state index contributed by atoms with van der Waals surface area (Å²) in [5.41, 5.74) is 1.79. The molecule has 0 radical (unpaired) electrons. The number of H-pyrrole nitrogens is 1. The number of aromatic amines is 1. The molecule has 0 saturated heterocycles. The number of rotatable bonds is 1. The van der Waals surface area contributed by atoms with Gasteiger partial charge in [0, 0.05) is 4.70 Å². The van der Waals surface area contributed by atoms with Crippen molar-refractivity contribution < 1.29 is 9.59 Å². The number of fused-ring (bicyclic) bond motifs is 2. The van der Waals surface area contributed by atoms with E-state index in [0.29, 0.717) is 11.4 Å². The van der Waals surface area contributed by atoms with Gasteiger partial charge in [-0.15, -0.1) is 11.3 Å². The van der Waals surface area contributed by atoms with E-state index in [9.17, 15) is 9.59 Å². The number of carbonyl (C=O) groups excluding carboxylic acids is 2. The zero-order valence-electron chi connectivity index (χ0n) is 9.69. The zero-order chi connectivity index (χ0) is 13.0. The van der Waals surface area contributed by atoms with E-state index < -0.39 is 11.7 Å². The number of benzene rings is 1. The molecule has 4 nitrogen and oxygen atoms in total. The van der Waals surface area contributed by atoms with E-state index in [0.717, 1.165) is 10.6 Å². The van der Waals surface area contributed by atoms with Crippen LogP contribution in [0, 0.1) is 0 Å². The Labute approximate surface area is 112 Å². The Bertz CT molecular complexity index is 811. The van der Waals surface area contributed by atoms with Gasteiger partial charge >= 0.3 is 0 Å². The highest BCUT2D eigenvalue weighted by atomic mass is 32.1. The first kappa shape index (κ1) is 10.5. The number of hydrogen-bond donors (Lipinski definition) is 2. The molecule has 1 aromatic carbocycles. The molecule has 0 atom stereocenters. The maximum absolute atomic E-state index is 11.6. The fraction of sp³-hybridized carbons (Fsp3) is 0. The van der Waals surface area contributed by atoms with Crippen LogP contribution in [0.2, 0.25) is 0 Å². The lowest BCUT2D eigenvalue weighted by Crippen LogP contribution is -2.13. The van der Waals surface area contributed by atoms with Gasteiger partial charge in [-0.3, -0.25) is 9.59 Å². The Hall–Kier alpha value is -2.40. The van der Waals surface area contributed by atoms with Gasteiger partial charge in [0.1, 0.15) is 5.69 Å². The van der Waals surface area contributed by atoms with E-state index in [2.05, 4.69) is 28.5 Å². The van der Waals surface area contributed by atoms with Crippen LogP contribution in [0.5, 0.6) is 0 Å². The summed E-state index contributed by atoms with van der Waals surface area (Å²) >= 11 is 1.65. The maximum atomic E-state index is 11.6. The Morgan fingerprint density at radius 2 is 1.89 bits per heavy atom. The maximum Gasteiger partial charge on any atom is 0.298 e. The van der Waals surface area contributed by atoms with Gasteiger partial charge in [-0.1, -0.05) is 18.2 Å². The van der Waals surface area contributed by atoms with Gasteiger partial charge in [-0.2, -0.15) is 0 Å². The van der Waals surface area contributed by atoms with Gasteiger partial charge in [0.15, 0.2) is 0 Å². The molecule has 0 bridgehead atoms. The third-order valence-electron chi connectivity index (χ3n) is 3.19. The third kappa shape index (κ3) is 1.45. The first-order valence-corrected chi connectivity index (χ1v) is 6.62. The Morgan fingerprint density at radius 1 is 1.05 bits per heavy atom. The predicted octanol–water partition coefficient (Wildman–Crippen LogP) is 3.03. The SMILES string of the molecule is O=C1Nc2cc(-c3cc4ccccc4s3)[nH]c2C1=O. The molecule has 0 fully saturated rings. The van der Waals surface area contributed by atoms with Gasteiger partial charge in [0.05, 0.1) is 16.3 Å². The summed E-state index contributed by atoms with van der Waals surface area (Å²) in [4.78, 5) is 26.9. The molecule has 3 aromatic rings. The molecule has 0 spiro atoms. The average molecular weight is 268 g/mol. The smallest absolute Gasteiger partial charge is 0.298 e. The van der Waals surface area contributed by atoms with Gasteiger partial charge in [0.25, 0.3) is 11.7 Å². The lowest BCUT2D eigenvalue weighted by atomic mass is 10.2. The number of ketones is 1. The summed E-state index contributed by atoms with van der Waals surface area (Å²) in [5.74, 6) is -1.06. The number of Topliss-reactive ketones (excluding diaryl/α,β-unsaturated/α-hetero) is 1. The van der Waals surface area contributed by atoms with Crippen molar-refractivity contribution >= 4 is 38.8 Å². The molecule has 5 heteroatoms. The normalized spacial score (nSPS) is 13.9.